The van der Waals surface area contributed by atoms with Gasteiger partial charge in [-0.25, -0.2) is 10.3 Å². The van der Waals surface area contributed by atoms with E-state index in [1.165, 1.54) is 69.9 Å². The number of aliphatic imine (C=N–C) groups is 1. The summed E-state index contributed by atoms with van der Waals surface area (Å²) >= 11 is 0. The zero-order valence-electron chi connectivity index (χ0n) is 13.0. The molecule has 0 aliphatic carbocycles. The maximum atomic E-state index is 4.63. The van der Waals surface area contributed by atoms with Gasteiger partial charge in [-0.1, -0.05) is 65.2 Å². The van der Waals surface area contributed by atoms with Crippen LogP contribution in [-0.4, -0.2) is 5.84 Å². The molecule has 0 aromatic carbocycles. The van der Waals surface area contributed by atoms with Gasteiger partial charge in [-0.3, -0.25) is 0 Å². The maximum Gasteiger partial charge on any atom is 0.128 e. The minimum atomic E-state index is 1.07. The van der Waals surface area contributed by atoms with Crippen LogP contribution in [0.2, 0.25) is 0 Å². The molecule has 2 heteroatoms. The number of hydrogen-bond donors (Lipinski definition) is 0. The highest BCUT2D eigenvalue weighted by Crippen LogP contribution is 2.15. The number of unbranched alkanes of at least 4 members (excludes halogenated alkanes) is 8. The van der Waals surface area contributed by atoms with Crippen LogP contribution >= 0.6 is 0 Å². The first-order chi connectivity index (χ1) is 9.36. The SMILES string of the molecule is CCCCCCCCC1=NC=C(CCCCCC)[N]1. The molecule has 1 aliphatic rings. The first kappa shape index (κ1) is 16.3. The zero-order valence-corrected chi connectivity index (χ0v) is 13.0. The Labute approximate surface area is 119 Å². The van der Waals surface area contributed by atoms with Crippen LogP contribution < -0.4 is 5.32 Å². The monoisotopic (exact) mass is 263 g/mol. The van der Waals surface area contributed by atoms with Crippen LogP contribution in [0.3, 0.4) is 0 Å². The second-order valence-electron chi connectivity index (χ2n) is 5.61. The third-order valence-electron chi connectivity index (χ3n) is 3.68. The van der Waals surface area contributed by atoms with Gasteiger partial charge in [0.25, 0.3) is 0 Å². The Balaban J connectivity index is 1.95. The number of allylic oxidation sites excluding steroid dienone is 1. The van der Waals surface area contributed by atoms with Gasteiger partial charge in [0.1, 0.15) is 5.84 Å². The lowest BCUT2D eigenvalue weighted by atomic mass is 10.1. The Kier molecular flexibility index (Phi) is 9.48. The molecule has 1 rings (SSSR count). The molecule has 0 spiro atoms. The van der Waals surface area contributed by atoms with Gasteiger partial charge in [-0.2, -0.15) is 0 Å². The first-order valence-corrected chi connectivity index (χ1v) is 8.34. The highest BCUT2D eigenvalue weighted by Gasteiger charge is 2.10. The molecule has 0 N–H and O–H groups in total. The van der Waals surface area contributed by atoms with E-state index in [1.807, 2.05) is 6.20 Å². The van der Waals surface area contributed by atoms with Crippen molar-refractivity contribution < 1.29 is 0 Å². The van der Waals surface area contributed by atoms with E-state index in [-0.39, 0.29) is 0 Å². The summed E-state index contributed by atoms with van der Waals surface area (Å²) in [4.78, 5) is 4.44. The molecule has 0 bridgehead atoms. The molecule has 0 fully saturated rings. The third kappa shape index (κ3) is 8.07. The third-order valence-corrected chi connectivity index (χ3v) is 3.68. The smallest absolute Gasteiger partial charge is 0.128 e. The fourth-order valence-corrected chi connectivity index (χ4v) is 2.41. The van der Waals surface area contributed by atoms with Gasteiger partial charge in [0.05, 0.1) is 11.9 Å². The summed E-state index contributed by atoms with van der Waals surface area (Å²) in [6, 6.07) is 0. The molecule has 0 saturated heterocycles. The Morgan fingerprint density at radius 2 is 1.32 bits per heavy atom. The standard InChI is InChI=1S/C17H31N2/c1-3-5-7-9-10-12-14-17-18-15-16(19-17)13-11-8-6-4-2/h15H,3-14H2,1-2H3. The van der Waals surface area contributed by atoms with Crippen LogP contribution in [0, 0.1) is 0 Å². The molecule has 2 nitrogen and oxygen atoms in total. The maximum absolute atomic E-state index is 4.63. The lowest BCUT2D eigenvalue weighted by Crippen LogP contribution is -2.10. The highest BCUT2D eigenvalue weighted by molar-refractivity contribution is 5.85. The van der Waals surface area contributed by atoms with E-state index >= 15 is 0 Å². The highest BCUT2D eigenvalue weighted by atomic mass is 15.0. The van der Waals surface area contributed by atoms with E-state index in [2.05, 4.69) is 24.2 Å². The molecule has 1 heterocycles. The normalized spacial score (nSPS) is 14.2. The van der Waals surface area contributed by atoms with Gasteiger partial charge < -0.3 is 0 Å². The average Bonchev–Trinajstić information content (AvgIpc) is 2.87. The van der Waals surface area contributed by atoms with Crippen molar-refractivity contribution in [2.75, 3.05) is 0 Å². The average molecular weight is 263 g/mol. The molecule has 0 aromatic heterocycles. The van der Waals surface area contributed by atoms with Crippen molar-refractivity contribution >= 4 is 5.84 Å². The molecule has 0 unspecified atom stereocenters. The van der Waals surface area contributed by atoms with E-state index in [1.54, 1.807) is 0 Å². The van der Waals surface area contributed by atoms with Crippen LogP contribution in [-0.2, 0) is 0 Å². The summed E-state index contributed by atoms with van der Waals surface area (Å²) in [5.74, 6) is 1.07. The lowest BCUT2D eigenvalue weighted by Gasteiger charge is -2.04. The van der Waals surface area contributed by atoms with Gasteiger partial charge in [0.2, 0.25) is 0 Å². The Hall–Kier alpha value is -0.790. The van der Waals surface area contributed by atoms with E-state index in [0.29, 0.717) is 0 Å². The largest absolute Gasteiger partial charge is 0.240 e. The molecule has 0 aromatic rings. The second kappa shape index (κ2) is 11.1. The van der Waals surface area contributed by atoms with E-state index < -0.39 is 0 Å². The molecule has 0 atom stereocenters. The van der Waals surface area contributed by atoms with Crippen LogP contribution in [0.1, 0.15) is 90.9 Å². The van der Waals surface area contributed by atoms with Gasteiger partial charge in [-0.05, 0) is 19.3 Å². The molecule has 0 saturated carbocycles. The minimum Gasteiger partial charge on any atom is -0.240 e. The molecular formula is C17H31N2. The predicted molar refractivity (Wildman–Crippen MR) is 84.4 cm³/mol. The predicted octanol–water partition coefficient (Wildman–Crippen LogP) is 5.57. The fourth-order valence-electron chi connectivity index (χ4n) is 2.41. The van der Waals surface area contributed by atoms with Gasteiger partial charge in [0, 0.05) is 6.42 Å². The number of nitrogens with zero attached hydrogens (tertiary/aromatic N) is 2. The Morgan fingerprint density at radius 3 is 2.05 bits per heavy atom. The van der Waals surface area contributed by atoms with Gasteiger partial charge in [0.15, 0.2) is 0 Å². The molecule has 1 aliphatic heterocycles. The topological polar surface area (TPSA) is 26.5 Å². The van der Waals surface area contributed by atoms with E-state index in [0.717, 1.165) is 18.7 Å². The van der Waals surface area contributed by atoms with Crippen molar-refractivity contribution in [3.8, 4) is 0 Å². The second-order valence-corrected chi connectivity index (χ2v) is 5.61. The summed E-state index contributed by atoms with van der Waals surface area (Å²) in [5.41, 5.74) is 1.21. The summed E-state index contributed by atoms with van der Waals surface area (Å²) in [7, 11) is 0. The van der Waals surface area contributed by atoms with Gasteiger partial charge >= 0.3 is 0 Å². The van der Waals surface area contributed by atoms with Crippen LogP contribution in [0.5, 0.6) is 0 Å². The first-order valence-electron chi connectivity index (χ1n) is 8.34. The molecule has 1 radical (unpaired) electrons. The number of hydrogen-bond acceptors (Lipinski definition) is 1. The summed E-state index contributed by atoms with van der Waals surface area (Å²) in [5, 5.41) is 4.63. The Bertz CT molecular complexity index is 279. The molecule has 0 amide bonds. The van der Waals surface area contributed by atoms with Crippen LogP contribution in [0.15, 0.2) is 16.9 Å². The van der Waals surface area contributed by atoms with Crippen molar-refractivity contribution in [3.05, 3.63) is 11.9 Å². The molecule has 19 heavy (non-hydrogen) atoms. The Morgan fingerprint density at radius 1 is 0.737 bits per heavy atom. The summed E-state index contributed by atoms with van der Waals surface area (Å²) in [6.45, 7) is 4.51. The van der Waals surface area contributed by atoms with Crippen molar-refractivity contribution in [2.45, 2.75) is 90.9 Å². The lowest BCUT2D eigenvalue weighted by molar-refractivity contribution is 0.613. The zero-order chi connectivity index (χ0) is 13.8. The van der Waals surface area contributed by atoms with Crippen LogP contribution in [0.4, 0.5) is 0 Å². The van der Waals surface area contributed by atoms with Crippen molar-refractivity contribution in [1.82, 2.24) is 5.32 Å². The van der Waals surface area contributed by atoms with Gasteiger partial charge in [-0.15, -0.1) is 0 Å². The van der Waals surface area contributed by atoms with Crippen molar-refractivity contribution in [2.24, 2.45) is 4.99 Å². The fraction of sp³-hybridized carbons (Fsp3) is 0.824. The summed E-state index contributed by atoms with van der Waals surface area (Å²) < 4.78 is 0. The molecule has 109 valence electrons. The van der Waals surface area contributed by atoms with Crippen molar-refractivity contribution in [3.63, 3.8) is 0 Å². The van der Waals surface area contributed by atoms with Crippen LogP contribution in [0.25, 0.3) is 0 Å². The number of rotatable bonds is 12. The van der Waals surface area contributed by atoms with E-state index in [9.17, 15) is 0 Å². The number of amidine groups is 1. The van der Waals surface area contributed by atoms with Crippen molar-refractivity contribution in [1.29, 1.82) is 0 Å². The molecular weight excluding hydrogens is 232 g/mol. The minimum absolute atomic E-state index is 1.07. The quantitative estimate of drug-likeness (QED) is 0.412. The van der Waals surface area contributed by atoms with E-state index in [4.69, 9.17) is 0 Å². The summed E-state index contributed by atoms with van der Waals surface area (Å²) in [6.07, 6.45) is 17.5.